The van der Waals surface area contributed by atoms with Gasteiger partial charge in [0, 0.05) is 0 Å². The second-order valence-corrected chi connectivity index (χ2v) is 12.7. The van der Waals surface area contributed by atoms with E-state index in [0.29, 0.717) is 45.3 Å². The Morgan fingerprint density at radius 1 is 1.10 bits per heavy atom. The van der Waals surface area contributed by atoms with Crippen LogP contribution < -0.4 is 0 Å². The van der Waals surface area contributed by atoms with Crippen molar-refractivity contribution in [1.29, 1.82) is 0 Å². The third-order valence-electron chi connectivity index (χ3n) is 11.0. The number of carbonyl (C=O) groups excluding carboxylic acids is 2. The Hall–Kier alpha value is -0.190. The van der Waals surface area contributed by atoms with Crippen LogP contribution in [0.15, 0.2) is 0 Å². The number of rotatable bonds is 6. The first-order valence-corrected chi connectivity index (χ1v) is 14.3. The number of hydrogen-bond donors (Lipinski definition) is 1. The van der Waals surface area contributed by atoms with E-state index in [1.807, 2.05) is 0 Å². The summed E-state index contributed by atoms with van der Waals surface area (Å²) in [4.78, 5) is 37.1. The molecule has 1 N–H and O–H groups in total. The topological polar surface area (TPSA) is 71.4 Å². The van der Waals surface area contributed by atoms with Gasteiger partial charge in [0.2, 0.25) is 0 Å². The van der Waals surface area contributed by atoms with E-state index < -0.39 is 5.97 Å². The van der Waals surface area contributed by atoms with Gasteiger partial charge in [-0.3, -0.25) is 0 Å². The van der Waals surface area contributed by atoms with Crippen LogP contribution in [0.3, 0.4) is 0 Å². The number of ketones is 2. The van der Waals surface area contributed by atoms with Gasteiger partial charge in [-0.05, 0) is 0 Å². The van der Waals surface area contributed by atoms with Gasteiger partial charge in [0.25, 0.3) is 0 Å². The SMILES string of the molecule is CC1C[C@@]2(C)[C@H](CC[C@@H]3[C@@H]2CC[C@@]2(C)[C@H]3CC[C@]2(CCCC(=O)O)C(=O)[CH2][Na])CC1=O. The van der Waals surface area contributed by atoms with Crippen LogP contribution in [-0.4, -0.2) is 50.6 Å². The first kappa shape index (κ1) is 24.0. The van der Waals surface area contributed by atoms with E-state index in [0.717, 1.165) is 66.5 Å². The summed E-state index contributed by atoms with van der Waals surface area (Å²) in [7, 11) is 0. The quantitative estimate of drug-likeness (QED) is 0.576. The van der Waals surface area contributed by atoms with Crippen LogP contribution in [0.1, 0.15) is 91.4 Å². The molecule has 8 atom stereocenters. The monoisotopic (exact) mass is 438 g/mol. The van der Waals surface area contributed by atoms with Crippen molar-refractivity contribution in [1.82, 2.24) is 0 Å². The van der Waals surface area contributed by atoms with Crippen molar-refractivity contribution in [3.63, 3.8) is 0 Å². The molecule has 4 nitrogen and oxygen atoms in total. The normalized spacial score (nSPS) is 46.7. The van der Waals surface area contributed by atoms with Crippen LogP contribution in [0.4, 0.5) is 0 Å². The minimum absolute atomic E-state index is 0.0213. The van der Waals surface area contributed by atoms with Crippen LogP contribution in [0.5, 0.6) is 0 Å². The first-order chi connectivity index (χ1) is 14.6. The standard InChI is InChI=1S/C26H39O4.Na/c1-16-15-24(3)18(14-22(16)28)7-8-19-20(24)9-12-25(4)21(19)10-13-26(25,17(2)27)11-5-6-23(29)30;/h16,18-21H,2,5-15H2,1,3-4H3,(H,29,30);/t16?,18-,19-,20+,21+,24+,25+,26-;/m1./s1. The molecule has 0 heterocycles. The van der Waals surface area contributed by atoms with Crippen molar-refractivity contribution in [3.8, 4) is 0 Å². The maximum atomic E-state index is 13.5. The molecule has 4 saturated carbocycles. The second-order valence-electron chi connectivity index (χ2n) is 12.0. The van der Waals surface area contributed by atoms with E-state index in [2.05, 4.69) is 20.8 Å². The van der Waals surface area contributed by atoms with Crippen molar-refractivity contribution in [2.45, 2.75) is 95.1 Å². The van der Waals surface area contributed by atoms with Crippen molar-refractivity contribution in [3.05, 3.63) is 0 Å². The fourth-order valence-electron chi connectivity index (χ4n) is 9.43. The number of carboxylic acids is 1. The number of aliphatic carboxylic acids is 1. The summed E-state index contributed by atoms with van der Waals surface area (Å²) in [6, 6.07) is 0. The summed E-state index contributed by atoms with van der Waals surface area (Å²) in [6.45, 7) is 7.02. The van der Waals surface area contributed by atoms with Gasteiger partial charge in [-0.2, -0.15) is 0 Å². The summed E-state index contributed by atoms with van der Waals surface area (Å²) >= 11 is 0.889. The first-order valence-electron chi connectivity index (χ1n) is 12.9. The molecule has 0 aromatic carbocycles. The van der Waals surface area contributed by atoms with Gasteiger partial charge >= 0.3 is 206 Å². The number of hydrogen-bond acceptors (Lipinski definition) is 3. The molecule has 0 saturated heterocycles. The van der Waals surface area contributed by atoms with Gasteiger partial charge in [-0.1, -0.05) is 0 Å². The molecule has 0 aromatic heterocycles. The summed E-state index contributed by atoms with van der Waals surface area (Å²) < 4.78 is 0.697. The number of Topliss-reactive ketones (excluding diaryl/α,β-unsaturated/α-hetero) is 2. The molecule has 0 aromatic rings. The molecule has 0 radical (unpaired) electrons. The van der Waals surface area contributed by atoms with E-state index in [-0.39, 0.29) is 28.6 Å². The van der Waals surface area contributed by atoms with Gasteiger partial charge < -0.3 is 0 Å². The van der Waals surface area contributed by atoms with E-state index in [9.17, 15) is 19.5 Å². The zero-order valence-corrected chi connectivity index (χ0v) is 22.0. The second kappa shape index (κ2) is 8.55. The summed E-state index contributed by atoms with van der Waals surface area (Å²) in [5.74, 6) is 2.83. The molecule has 4 rings (SSSR count). The van der Waals surface area contributed by atoms with Crippen molar-refractivity contribution in [2.75, 3.05) is 0 Å². The Labute approximate surface area is 205 Å². The van der Waals surface area contributed by atoms with E-state index in [1.165, 1.54) is 19.3 Å². The van der Waals surface area contributed by atoms with Crippen LogP contribution in [-0.2, 0) is 14.4 Å². The van der Waals surface area contributed by atoms with Crippen LogP contribution in [0.2, 0.25) is 3.67 Å². The molecular formula is C26H39NaO4. The number of fused-ring (bicyclic) bond motifs is 5. The van der Waals surface area contributed by atoms with E-state index >= 15 is 0 Å². The molecule has 0 bridgehead atoms. The molecule has 4 aliphatic rings. The molecule has 1 unspecified atom stereocenters. The van der Waals surface area contributed by atoms with Gasteiger partial charge in [0.05, 0.1) is 0 Å². The Kier molecular flexibility index (Phi) is 6.60. The Balaban J connectivity index is 1.62. The third kappa shape index (κ3) is 3.62. The predicted molar refractivity (Wildman–Crippen MR) is 121 cm³/mol. The molecule has 5 heteroatoms. The molecule has 0 spiro atoms. The average molecular weight is 439 g/mol. The van der Waals surface area contributed by atoms with Crippen molar-refractivity contribution in [2.24, 2.45) is 45.8 Å². The molecular weight excluding hydrogens is 399 g/mol. The third-order valence-corrected chi connectivity index (χ3v) is 11.7. The summed E-state index contributed by atoms with van der Waals surface area (Å²) in [5.41, 5.74) is -0.00527. The van der Waals surface area contributed by atoms with Gasteiger partial charge in [0.15, 0.2) is 0 Å². The van der Waals surface area contributed by atoms with Crippen LogP contribution in [0.25, 0.3) is 0 Å². The molecule has 0 amide bonds. The zero-order chi connectivity index (χ0) is 22.6. The van der Waals surface area contributed by atoms with Crippen molar-refractivity contribution < 1.29 is 19.5 Å². The van der Waals surface area contributed by atoms with Crippen molar-refractivity contribution >= 4 is 45.5 Å². The number of carbonyl (C=O) groups is 3. The molecule has 31 heavy (non-hydrogen) atoms. The van der Waals surface area contributed by atoms with E-state index in [1.54, 1.807) is 0 Å². The maximum absolute atomic E-state index is 13.5. The number of carboxylic acid groups (broad SMARTS) is 1. The van der Waals surface area contributed by atoms with Crippen LogP contribution >= 0.6 is 0 Å². The summed E-state index contributed by atoms with van der Waals surface area (Å²) in [6.07, 6.45) is 10.1. The van der Waals surface area contributed by atoms with Gasteiger partial charge in [-0.15, -0.1) is 0 Å². The Morgan fingerprint density at radius 2 is 1.81 bits per heavy atom. The van der Waals surface area contributed by atoms with Crippen LogP contribution in [0, 0.1) is 45.8 Å². The zero-order valence-electron chi connectivity index (χ0n) is 20.0. The Morgan fingerprint density at radius 3 is 2.48 bits per heavy atom. The molecule has 0 aliphatic heterocycles. The van der Waals surface area contributed by atoms with Gasteiger partial charge in [0.1, 0.15) is 0 Å². The molecule has 4 fully saturated rings. The fraction of sp³-hybridized carbons (Fsp3) is 0.885. The van der Waals surface area contributed by atoms with E-state index in [4.69, 9.17) is 0 Å². The molecule has 4 aliphatic carbocycles. The van der Waals surface area contributed by atoms with Gasteiger partial charge in [-0.25, -0.2) is 0 Å². The predicted octanol–water partition coefficient (Wildman–Crippen LogP) is 5.24. The Bertz CT molecular complexity index is 765. The fourth-order valence-corrected chi connectivity index (χ4v) is 10.1. The average Bonchev–Trinajstić information content (AvgIpc) is 3.02. The summed E-state index contributed by atoms with van der Waals surface area (Å²) in [5, 5.41) is 9.19. The minimum atomic E-state index is -0.746. The molecule has 168 valence electrons.